The fraction of sp³-hybridized carbons (Fsp3) is 0.185. The molecule has 1 aliphatic rings. The number of hydrogen-bond acceptors (Lipinski definition) is 3. The van der Waals surface area contributed by atoms with Gasteiger partial charge in [-0.25, -0.2) is 4.79 Å². The minimum Gasteiger partial charge on any atom is -0.465 e. The molecule has 5 nitrogen and oxygen atoms in total. The Morgan fingerprint density at radius 1 is 0.938 bits per heavy atom. The molecule has 1 aromatic heterocycles. The van der Waals surface area contributed by atoms with Crippen molar-refractivity contribution in [3.8, 4) is 0 Å². The van der Waals surface area contributed by atoms with Crippen molar-refractivity contribution in [3.05, 3.63) is 107 Å². The molecule has 1 aliphatic carbocycles. The molecule has 0 saturated heterocycles. The molecule has 1 N–H and O–H groups in total. The van der Waals surface area contributed by atoms with E-state index in [0.717, 1.165) is 29.3 Å². The molecule has 32 heavy (non-hydrogen) atoms. The predicted octanol–water partition coefficient (Wildman–Crippen LogP) is 4.90. The first-order chi connectivity index (χ1) is 15.6. The molecule has 1 heterocycles. The van der Waals surface area contributed by atoms with Crippen LogP contribution >= 0.6 is 0 Å². The van der Waals surface area contributed by atoms with Crippen molar-refractivity contribution in [1.29, 1.82) is 0 Å². The third kappa shape index (κ3) is 3.66. The molecule has 0 radical (unpaired) electrons. The van der Waals surface area contributed by atoms with Crippen molar-refractivity contribution in [2.24, 2.45) is 0 Å². The highest BCUT2D eigenvalue weighted by atomic mass is 16.5. The molecule has 0 unspecified atom stereocenters. The summed E-state index contributed by atoms with van der Waals surface area (Å²) in [7, 11) is 1.37. The van der Waals surface area contributed by atoms with Gasteiger partial charge in [0.25, 0.3) is 5.91 Å². The summed E-state index contributed by atoms with van der Waals surface area (Å²) in [5.41, 5.74) is 3.91. The maximum Gasteiger partial charge on any atom is 0.337 e. The summed E-state index contributed by atoms with van der Waals surface area (Å²) in [6, 6.07) is 25.4. The highest BCUT2D eigenvalue weighted by Crippen LogP contribution is 2.46. The largest absolute Gasteiger partial charge is 0.465 e. The quantitative estimate of drug-likeness (QED) is 0.448. The van der Waals surface area contributed by atoms with Crippen molar-refractivity contribution in [1.82, 2.24) is 9.88 Å². The van der Waals surface area contributed by atoms with Gasteiger partial charge in [-0.2, -0.15) is 0 Å². The number of fused-ring (bicyclic) bond motifs is 1. The first kappa shape index (κ1) is 20.1. The molecule has 1 amide bonds. The molecular formula is C27H24N2O3. The fourth-order valence-corrected chi connectivity index (χ4v) is 4.30. The summed E-state index contributed by atoms with van der Waals surface area (Å²) in [5.74, 6) is -0.450. The molecule has 0 aliphatic heterocycles. The number of carbonyl (C=O) groups is 2. The number of methoxy groups -OCH3 is 1. The van der Waals surface area contributed by atoms with Crippen LogP contribution in [0.4, 0.5) is 0 Å². The van der Waals surface area contributed by atoms with Crippen molar-refractivity contribution in [2.75, 3.05) is 7.11 Å². The van der Waals surface area contributed by atoms with Gasteiger partial charge in [0.15, 0.2) is 0 Å². The number of esters is 1. The Kier molecular flexibility index (Phi) is 5.02. The number of nitrogens with zero attached hydrogens (tertiary/aromatic N) is 1. The Labute approximate surface area is 186 Å². The number of aromatic nitrogens is 1. The number of ether oxygens (including phenoxy) is 1. The molecule has 0 bridgehead atoms. The van der Waals surface area contributed by atoms with E-state index in [1.807, 2.05) is 60.8 Å². The molecule has 5 rings (SSSR count). The molecule has 5 heteroatoms. The molecule has 3 aromatic carbocycles. The number of para-hydroxylation sites is 1. The summed E-state index contributed by atoms with van der Waals surface area (Å²) in [6.07, 6.45) is 3.78. The first-order valence-corrected chi connectivity index (χ1v) is 10.7. The zero-order valence-electron chi connectivity index (χ0n) is 17.9. The monoisotopic (exact) mass is 424 g/mol. The van der Waals surface area contributed by atoms with Crippen molar-refractivity contribution < 1.29 is 14.3 Å². The second-order valence-corrected chi connectivity index (χ2v) is 8.28. The Morgan fingerprint density at radius 3 is 2.38 bits per heavy atom. The van der Waals surface area contributed by atoms with Crippen molar-refractivity contribution in [2.45, 2.75) is 24.9 Å². The van der Waals surface area contributed by atoms with Crippen LogP contribution in [0.25, 0.3) is 10.9 Å². The number of carbonyl (C=O) groups excluding carboxylic acids is 2. The lowest BCUT2D eigenvalue weighted by molar-refractivity contribution is 0.0600. The van der Waals surface area contributed by atoms with E-state index in [1.165, 1.54) is 12.7 Å². The summed E-state index contributed by atoms with van der Waals surface area (Å²) in [4.78, 5) is 25.1. The van der Waals surface area contributed by atoms with E-state index in [1.54, 1.807) is 12.1 Å². The third-order valence-corrected chi connectivity index (χ3v) is 6.19. The molecular weight excluding hydrogens is 400 g/mol. The Balaban J connectivity index is 1.43. The Morgan fingerprint density at radius 2 is 1.69 bits per heavy atom. The van der Waals surface area contributed by atoms with Crippen LogP contribution in [0.1, 0.15) is 44.7 Å². The summed E-state index contributed by atoms with van der Waals surface area (Å²) in [6.45, 7) is 0.703. The molecule has 4 aromatic rings. The van der Waals surface area contributed by atoms with Gasteiger partial charge in [0.05, 0.1) is 29.3 Å². The second kappa shape index (κ2) is 8.00. The lowest BCUT2D eigenvalue weighted by atomic mass is 10.0. The van der Waals surface area contributed by atoms with Gasteiger partial charge in [-0.05, 0) is 48.2 Å². The van der Waals surface area contributed by atoms with E-state index in [4.69, 9.17) is 4.74 Å². The van der Waals surface area contributed by atoms with Crippen LogP contribution < -0.4 is 5.32 Å². The van der Waals surface area contributed by atoms with Crippen molar-refractivity contribution in [3.63, 3.8) is 0 Å². The summed E-state index contributed by atoms with van der Waals surface area (Å²) < 4.78 is 6.91. The molecule has 1 fully saturated rings. The highest BCUT2D eigenvalue weighted by molar-refractivity contribution is 6.06. The van der Waals surface area contributed by atoms with Gasteiger partial charge in [0.2, 0.25) is 0 Å². The van der Waals surface area contributed by atoms with E-state index in [9.17, 15) is 9.59 Å². The SMILES string of the molecule is COC(=O)c1ccc(C2(NC(=O)c3cccc4ccn(Cc5ccccc5)c34)CC2)cc1. The maximum absolute atomic E-state index is 13.4. The third-order valence-electron chi connectivity index (χ3n) is 6.19. The maximum atomic E-state index is 13.4. The highest BCUT2D eigenvalue weighted by Gasteiger charge is 2.46. The number of amides is 1. The Bertz CT molecular complexity index is 1290. The van der Waals surface area contributed by atoms with Gasteiger partial charge in [0.1, 0.15) is 0 Å². The van der Waals surface area contributed by atoms with Gasteiger partial charge in [-0.15, -0.1) is 0 Å². The van der Waals surface area contributed by atoms with Crippen LogP contribution in [-0.4, -0.2) is 23.6 Å². The minimum absolute atomic E-state index is 0.0850. The van der Waals surface area contributed by atoms with Gasteiger partial charge in [0, 0.05) is 18.1 Å². The van der Waals surface area contributed by atoms with Crippen LogP contribution in [0.3, 0.4) is 0 Å². The smallest absolute Gasteiger partial charge is 0.337 e. The fourth-order valence-electron chi connectivity index (χ4n) is 4.30. The first-order valence-electron chi connectivity index (χ1n) is 10.7. The molecule has 160 valence electrons. The number of nitrogens with one attached hydrogen (secondary N) is 1. The number of benzene rings is 3. The average molecular weight is 425 g/mol. The van der Waals surface area contributed by atoms with Gasteiger partial charge < -0.3 is 14.6 Å². The van der Waals surface area contributed by atoms with E-state index in [0.29, 0.717) is 17.7 Å². The predicted molar refractivity (Wildman–Crippen MR) is 124 cm³/mol. The van der Waals surface area contributed by atoms with E-state index in [2.05, 4.69) is 22.0 Å². The summed E-state index contributed by atoms with van der Waals surface area (Å²) in [5, 5.41) is 4.31. The zero-order valence-corrected chi connectivity index (χ0v) is 17.9. The van der Waals surface area contributed by atoms with E-state index >= 15 is 0 Å². The Hall–Kier alpha value is -3.86. The van der Waals surface area contributed by atoms with Crippen LogP contribution in [0, 0.1) is 0 Å². The van der Waals surface area contributed by atoms with Crippen LogP contribution in [0.15, 0.2) is 85.1 Å². The minimum atomic E-state index is -0.384. The second-order valence-electron chi connectivity index (χ2n) is 8.28. The zero-order chi connectivity index (χ0) is 22.1. The van der Waals surface area contributed by atoms with Crippen molar-refractivity contribution >= 4 is 22.8 Å². The number of rotatable bonds is 6. The van der Waals surface area contributed by atoms with Crippen LogP contribution in [-0.2, 0) is 16.8 Å². The lowest BCUT2D eigenvalue weighted by Gasteiger charge is -2.19. The normalized spacial score (nSPS) is 14.2. The standard InChI is InChI=1S/C27H24N2O3/c1-32-26(31)21-10-12-22(13-11-21)27(15-16-27)28-25(30)23-9-5-8-20-14-17-29(24(20)23)18-19-6-3-2-4-7-19/h2-14,17H,15-16,18H2,1H3,(H,28,30). The topological polar surface area (TPSA) is 60.3 Å². The summed E-state index contributed by atoms with van der Waals surface area (Å²) >= 11 is 0. The lowest BCUT2D eigenvalue weighted by Crippen LogP contribution is -2.35. The van der Waals surface area contributed by atoms with Gasteiger partial charge in [-0.3, -0.25) is 4.79 Å². The van der Waals surface area contributed by atoms with Crippen LogP contribution in [0.2, 0.25) is 0 Å². The molecule has 0 atom stereocenters. The molecule has 1 saturated carbocycles. The van der Waals surface area contributed by atoms with Gasteiger partial charge >= 0.3 is 5.97 Å². The number of hydrogen-bond donors (Lipinski definition) is 1. The van der Waals surface area contributed by atoms with Gasteiger partial charge in [-0.1, -0.05) is 54.6 Å². The van der Waals surface area contributed by atoms with Crippen LogP contribution in [0.5, 0.6) is 0 Å². The van der Waals surface area contributed by atoms with E-state index in [-0.39, 0.29) is 17.4 Å². The molecule has 0 spiro atoms. The average Bonchev–Trinajstić information content (AvgIpc) is 3.51. The van der Waals surface area contributed by atoms with E-state index < -0.39 is 0 Å².